The second-order valence-corrected chi connectivity index (χ2v) is 7.10. The zero-order valence-electron chi connectivity index (χ0n) is 15.3. The van der Waals surface area contributed by atoms with E-state index < -0.39 is 0 Å². The van der Waals surface area contributed by atoms with Crippen molar-refractivity contribution in [1.82, 2.24) is 0 Å². The van der Waals surface area contributed by atoms with Gasteiger partial charge in [-0.05, 0) is 42.7 Å². The Kier molecular flexibility index (Phi) is 4.55. The lowest BCUT2D eigenvalue weighted by atomic mass is 10.1. The van der Waals surface area contributed by atoms with E-state index in [4.69, 9.17) is 4.74 Å². The van der Waals surface area contributed by atoms with E-state index in [1.54, 1.807) is 0 Å². The van der Waals surface area contributed by atoms with Gasteiger partial charge < -0.3 is 20.3 Å². The molecular weight excluding hydrogens is 326 g/mol. The summed E-state index contributed by atoms with van der Waals surface area (Å²) in [5.41, 5.74) is 6.59. The molecule has 2 N–H and O–H groups in total. The van der Waals surface area contributed by atoms with Crippen molar-refractivity contribution in [2.75, 3.05) is 41.8 Å². The zero-order valence-corrected chi connectivity index (χ0v) is 15.3. The van der Waals surface area contributed by atoms with Gasteiger partial charge in [0.05, 0.1) is 13.2 Å². The number of anilines is 3. The van der Waals surface area contributed by atoms with Crippen LogP contribution in [0.3, 0.4) is 0 Å². The van der Waals surface area contributed by atoms with Crippen molar-refractivity contribution in [2.45, 2.75) is 26.3 Å². The van der Waals surface area contributed by atoms with Crippen LogP contribution < -0.4 is 15.5 Å². The lowest BCUT2D eigenvalue weighted by Gasteiger charge is -2.29. The summed E-state index contributed by atoms with van der Waals surface area (Å²) in [4.78, 5) is 15.1. The maximum atomic E-state index is 12.8. The fraction of sp³-hybridized carbons (Fsp3) is 0.381. The van der Waals surface area contributed by atoms with Crippen molar-refractivity contribution in [3.63, 3.8) is 0 Å². The van der Waals surface area contributed by atoms with Crippen molar-refractivity contribution in [3.8, 4) is 0 Å². The fourth-order valence-corrected chi connectivity index (χ4v) is 3.69. The molecule has 4 rings (SSSR count). The highest BCUT2D eigenvalue weighted by Gasteiger charge is 2.28. The molecule has 0 spiro atoms. The number of amides is 1. The van der Waals surface area contributed by atoms with E-state index in [1.165, 1.54) is 11.1 Å². The van der Waals surface area contributed by atoms with Crippen LogP contribution in [0.5, 0.6) is 0 Å². The average molecular weight is 351 g/mol. The molecule has 1 unspecified atom stereocenters. The highest BCUT2D eigenvalue weighted by molar-refractivity contribution is 5.99. The summed E-state index contributed by atoms with van der Waals surface area (Å²) in [5.74, 6) is 0.0165. The average Bonchev–Trinajstić information content (AvgIpc) is 3.10. The zero-order chi connectivity index (χ0) is 18.1. The lowest BCUT2D eigenvalue weighted by Crippen LogP contribution is -2.36. The summed E-state index contributed by atoms with van der Waals surface area (Å²) < 4.78 is 5.43. The molecule has 5 nitrogen and oxygen atoms in total. The highest BCUT2D eigenvalue weighted by atomic mass is 16.5. The first kappa shape index (κ1) is 16.9. The van der Waals surface area contributed by atoms with Gasteiger partial charge in [-0.1, -0.05) is 24.3 Å². The van der Waals surface area contributed by atoms with Crippen LogP contribution in [0.2, 0.25) is 0 Å². The van der Waals surface area contributed by atoms with Crippen molar-refractivity contribution >= 4 is 23.0 Å². The first-order valence-electron chi connectivity index (χ1n) is 9.21. The highest BCUT2D eigenvalue weighted by Crippen LogP contribution is 2.30. The molecule has 2 aliphatic heterocycles. The number of nitrogens with zero attached hydrogens (tertiary/aromatic N) is 1. The summed E-state index contributed by atoms with van der Waals surface area (Å²) in [6, 6.07) is 12.2. The van der Waals surface area contributed by atoms with Gasteiger partial charge in [0.2, 0.25) is 5.91 Å². The van der Waals surface area contributed by atoms with Crippen LogP contribution in [0.15, 0.2) is 36.4 Å². The van der Waals surface area contributed by atoms with Gasteiger partial charge in [-0.25, -0.2) is 0 Å². The largest absolute Gasteiger partial charge is 0.378 e. The van der Waals surface area contributed by atoms with Gasteiger partial charge in [0, 0.05) is 36.6 Å². The van der Waals surface area contributed by atoms with E-state index in [9.17, 15) is 4.79 Å². The predicted molar refractivity (Wildman–Crippen MR) is 105 cm³/mol. The molecule has 1 fully saturated rings. The van der Waals surface area contributed by atoms with Gasteiger partial charge in [0.1, 0.15) is 6.04 Å². The number of hydrogen-bond acceptors (Lipinski definition) is 4. The Morgan fingerprint density at radius 1 is 1.15 bits per heavy atom. The molecule has 26 heavy (non-hydrogen) atoms. The van der Waals surface area contributed by atoms with Crippen molar-refractivity contribution in [3.05, 3.63) is 53.1 Å². The normalized spacial score (nSPS) is 19.0. The minimum absolute atomic E-state index is 0.0165. The van der Waals surface area contributed by atoms with E-state index in [2.05, 4.69) is 52.8 Å². The molecule has 0 aromatic heterocycles. The molecule has 2 aromatic carbocycles. The van der Waals surface area contributed by atoms with Crippen molar-refractivity contribution in [1.29, 1.82) is 0 Å². The molecule has 0 aliphatic carbocycles. The quantitative estimate of drug-likeness (QED) is 0.892. The topological polar surface area (TPSA) is 53.6 Å². The van der Waals surface area contributed by atoms with Gasteiger partial charge in [0.15, 0.2) is 0 Å². The van der Waals surface area contributed by atoms with Gasteiger partial charge >= 0.3 is 0 Å². The van der Waals surface area contributed by atoms with Crippen LogP contribution in [-0.2, 0) is 16.0 Å². The van der Waals surface area contributed by atoms with Crippen LogP contribution in [-0.4, -0.2) is 38.3 Å². The summed E-state index contributed by atoms with van der Waals surface area (Å²) in [6.07, 6.45) is 0.727. The maximum Gasteiger partial charge on any atom is 0.247 e. The van der Waals surface area contributed by atoms with Crippen LogP contribution in [0.4, 0.5) is 17.1 Å². The molecule has 0 radical (unpaired) electrons. The second kappa shape index (κ2) is 7.00. The SMILES string of the molecule is Cc1ccc(N2CCOCC2)cc1NC(=O)C1Cc2cccc(C)c2N1. The third kappa shape index (κ3) is 3.27. The first-order valence-corrected chi connectivity index (χ1v) is 9.21. The Morgan fingerprint density at radius 3 is 2.73 bits per heavy atom. The first-order chi connectivity index (χ1) is 12.6. The predicted octanol–water partition coefficient (Wildman–Crippen LogP) is 3.12. The van der Waals surface area contributed by atoms with Crippen LogP contribution in [0, 0.1) is 13.8 Å². The van der Waals surface area contributed by atoms with Gasteiger partial charge in [-0.2, -0.15) is 0 Å². The smallest absolute Gasteiger partial charge is 0.247 e. The second-order valence-electron chi connectivity index (χ2n) is 7.10. The fourth-order valence-electron chi connectivity index (χ4n) is 3.69. The molecular formula is C21H25N3O2. The molecule has 2 aliphatic rings. The summed E-state index contributed by atoms with van der Waals surface area (Å²) in [6.45, 7) is 7.37. The Morgan fingerprint density at radius 2 is 1.96 bits per heavy atom. The molecule has 1 saturated heterocycles. The molecule has 1 atom stereocenters. The molecule has 2 heterocycles. The number of carbonyl (C=O) groups is 1. The van der Waals surface area contributed by atoms with Crippen molar-refractivity contribution in [2.24, 2.45) is 0 Å². The Hall–Kier alpha value is -2.53. The van der Waals surface area contributed by atoms with E-state index in [-0.39, 0.29) is 11.9 Å². The van der Waals surface area contributed by atoms with E-state index in [0.29, 0.717) is 0 Å². The summed E-state index contributed by atoms with van der Waals surface area (Å²) >= 11 is 0. The van der Waals surface area contributed by atoms with Crippen LogP contribution in [0.1, 0.15) is 16.7 Å². The molecule has 5 heteroatoms. The van der Waals surface area contributed by atoms with E-state index >= 15 is 0 Å². The Balaban J connectivity index is 1.49. The Labute approximate surface area is 154 Å². The Bertz CT molecular complexity index is 828. The number of ether oxygens (including phenoxy) is 1. The molecule has 2 aromatic rings. The number of para-hydroxylation sites is 1. The van der Waals surface area contributed by atoms with Gasteiger partial charge in [-0.3, -0.25) is 4.79 Å². The van der Waals surface area contributed by atoms with Crippen LogP contribution >= 0.6 is 0 Å². The molecule has 0 bridgehead atoms. The number of nitrogens with one attached hydrogen (secondary N) is 2. The number of hydrogen-bond donors (Lipinski definition) is 2. The summed E-state index contributed by atoms with van der Waals surface area (Å²) in [5, 5.41) is 6.51. The number of carbonyl (C=O) groups excluding carboxylic acids is 1. The number of rotatable bonds is 3. The molecule has 1 amide bonds. The minimum Gasteiger partial charge on any atom is -0.378 e. The maximum absolute atomic E-state index is 12.8. The van der Waals surface area contributed by atoms with E-state index in [0.717, 1.165) is 55.3 Å². The van der Waals surface area contributed by atoms with E-state index in [1.807, 2.05) is 13.0 Å². The minimum atomic E-state index is -0.224. The lowest BCUT2D eigenvalue weighted by molar-refractivity contribution is -0.116. The third-order valence-electron chi connectivity index (χ3n) is 5.27. The third-order valence-corrected chi connectivity index (χ3v) is 5.27. The molecule has 0 saturated carbocycles. The standard InChI is InChI=1S/C21H25N3O2/c1-14-6-7-17(24-8-10-26-11-9-24)13-18(14)23-21(25)19-12-16-5-3-4-15(2)20(16)22-19/h3-7,13,19,22H,8-12H2,1-2H3,(H,23,25). The number of benzene rings is 2. The monoisotopic (exact) mass is 351 g/mol. The molecule has 136 valence electrons. The van der Waals surface area contributed by atoms with Gasteiger partial charge in [0.25, 0.3) is 0 Å². The van der Waals surface area contributed by atoms with Gasteiger partial charge in [-0.15, -0.1) is 0 Å². The number of morpholine rings is 1. The summed E-state index contributed by atoms with van der Waals surface area (Å²) in [7, 11) is 0. The van der Waals surface area contributed by atoms with Crippen molar-refractivity contribution < 1.29 is 9.53 Å². The number of aryl methyl sites for hydroxylation is 2. The van der Waals surface area contributed by atoms with Crippen LogP contribution in [0.25, 0.3) is 0 Å². The number of fused-ring (bicyclic) bond motifs is 1.